The maximum absolute atomic E-state index is 8.87. The number of piperazine rings is 1. The number of halogens is 1. The molecule has 0 amide bonds. The summed E-state index contributed by atoms with van der Waals surface area (Å²) in [6.07, 6.45) is 2.02. The minimum atomic E-state index is 0.311. The van der Waals surface area contributed by atoms with Gasteiger partial charge in [0.2, 0.25) is 0 Å². The molecule has 0 spiro atoms. The van der Waals surface area contributed by atoms with Crippen LogP contribution in [0.2, 0.25) is 5.02 Å². The van der Waals surface area contributed by atoms with Crippen molar-refractivity contribution in [1.82, 2.24) is 9.80 Å². The maximum atomic E-state index is 8.87. The van der Waals surface area contributed by atoms with Crippen molar-refractivity contribution in [1.29, 1.82) is 0 Å². The van der Waals surface area contributed by atoms with Crippen molar-refractivity contribution >= 4 is 11.6 Å². The molecule has 0 radical (unpaired) electrons. The highest BCUT2D eigenvalue weighted by Crippen LogP contribution is 2.22. The molecule has 1 fully saturated rings. The Morgan fingerprint density at radius 2 is 1.32 bits per heavy atom. The Kier molecular flexibility index (Phi) is 6.88. The van der Waals surface area contributed by atoms with Gasteiger partial charge in [-0.25, -0.2) is 0 Å². The normalized spacial score (nSPS) is 16.2. The average Bonchev–Trinajstić information content (AvgIpc) is 2.65. The van der Waals surface area contributed by atoms with Gasteiger partial charge in [0, 0.05) is 44.4 Å². The Morgan fingerprint density at radius 3 is 1.92 bits per heavy atom. The van der Waals surface area contributed by atoms with Crippen LogP contribution >= 0.6 is 11.6 Å². The van der Waals surface area contributed by atoms with Crippen molar-refractivity contribution in [3.63, 3.8) is 0 Å². The minimum absolute atomic E-state index is 0.311. The Morgan fingerprint density at radius 1 is 0.760 bits per heavy atom. The van der Waals surface area contributed by atoms with Gasteiger partial charge < -0.3 is 10.0 Å². The highest BCUT2D eigenvalue weighted by atomic mass is 35.5. The van der Waals surface area contributed by atoms with Crippen LogP contribution in [0.3, 0.4) is 0 Å². The second-order valence-electron chi connectivity index (χ2n) is 6.75. The molecule has 0 saturated carbocycles. The number of aliphatic hydroxyl groups excluding tert-OH is 1. The van der Waals surface area contributed by atoms with E-state index in [1.807, 2.05) is 12.1 Å². The van der Waals surface area contributed by atoms with Crippen LogP contribution in [0.4, 0.5) is 0 Å². The van der Waals surface area contributed by atoms with Gasteiger partial charge in [0.1, 0.15) is 0 Å². The van der Waals surface area contributed by atoms with Crippen LogP contribution in [0.5, 0.6) is 0 Å². The van der Waals surface area contributed by atoms with Gasteiger partial charge in [-0.15, -0.1) is 0 Å². The lowest BCUT2D eigenvalue weighted by Gasteiger charge is -2.34. The van der Waals surface area contributed by atoms with E-state index < -0.39 is 0 Å². The number of benzene rings is 2. The van der Waals surface area contributed by atoms with Gasteiger partial charge in [0.05, 0.1) is 0 Å². The third-order valence-electron chi connectivity index (χ3n) is 4.89. The van der Waals surface area contributed by atoms with E-state index in [1.165, 1.54) is 16.7 Å². The lowest BCUT2D eigenvalue weighted by Crippen LogP contribution is -2.46. The first-order chi connectivity index (χ1) is 12.2. The van der Waals surface area contributed by atoms with E-state index in [0.29, 0.717) is 6.61 Å². The fourth-order valence-corrected chi connectivity index (χ4v) is 3.45. The number of hydrogen-bond acceptors (Lipinski definition) is 3. The van der Waals surface area contributed by atoms with Crippen molar-refractivity contribution in [2.45, 2.75) is 19.4 Å². The van der Waals surface area contributed by atoms with Crippen molar-refractivity contribution in [2.24, 2.45) is 0 Å². The summed E-state index contributed by atoms with van der Waals surface area (Å²) < 4.78 is 0. The summed E-state index contributed by atoms with van der Waals surface area (Å²) in [5.74, 6) is 0. The standard InChI is InChI=1S/C21H27ClN2O/c22-21-9-7-20(8-10-21)19-5-3-18(4-6-19)17-24-14-12-23(13-15-24)11-1-2-16-25/h3-10,25H,1-2,11-17H2. The topological polar surface area (TPSA) is 26.7 Å². The molecule has 3 nitrogen and oxygen atoms in total. The van der Waals surface area contributed by atoms with E-state index in [-0.39, 0.29) is 0 Å². The number of rotatable bonds is 7. The van der Waals surface area contributed by atoms with Gasteiger partial charge in [-0.05, 0) is 48.2 Å². The molecular formula is C21H27ClN2O. The van der Waals surface area contributed by atoms with Crippen LogP contribution in [0.1, 0.15) is 18.4 Å². The molecule has 1 heterocycles. The van der Waals surface area contributed by atoms with Crippen LogP contribution in [-0.2, 0) is 6.54 Å². The second-order valence-corrected chi connectivity index (χ2v) is 7.19. The molecule has 0 unspecified atom stereocenters. The van der Waals surface area contributed by atoms with E-state index in [9.17, 15) is 0 Å². The summed E-state index contributed by atoms with van der Waals surface area (Å²) in [6.45, 7) is 6.96. The monoisotopic (exact) mass is 358 g/mol. The quantitative estimate of drug-likeness (QED) is 0.760. The molecular weight excluding hydrogens is 332 g/mol. The summed E-state index contributed by atoms with van der Waals surface area (Å²) in [7, 11) is 0. The average molecular weight is 359 g/mol. The molecule has 0 aliphatic carbocycles. The first kappa shape index (κ1) is 18.4. The zero-order chi connectivity index (χ0) is 17.5. The SMILES string of the molecule is OCCCCN1CCN(Cc2ccc(-c3ccc(Cl)cc3)cc2)CC1. The summed E-state index contributed by atoms with van der Waals surface area (Å²) in [6, 6.07) is 16.9. The van der Waals surface area contributed by atoms with Crippen molar-refractivity contribution in [3.05, 3.63) is 59.1 Å². The summed E-state index contributed by atoms with van der Waals surface area (Å²) in [5.41, 5.74) is 3.80. The van der Waals surface area contributed by atoms with E-state index in [4.69, 9.17) is 16.7 Å². The Balaban J connectivity index is 1.48. The number of hydrogen-bond donors (Lipinski definition) is 1. The van der Waals surface area contributed by atoms with Crippen LogP contribution in [-0.4, -0.2) is 54.2 Å². The molecule has 1 aliphatic heterocycles. The highest BCUT2D eigenvalue weighted by Gasteiger charge is 2.16. The first-order valence-corrected chi connectivity index (χ1v) is 9.53. The third-order valence-corrected chi connectivity index (χ3v) is 5.14. The molecule has 0 aromatic heterocycles. The fraction of sp³-hybridized carbons (Fsp3) is 0.429. The molecule has 1 saturated heterocycles. The minimum Gasteiger partial charge on any atom is -0.396 e. The number of aliphatic hydroxyl groups is 1. The summed E-state index contributed by atoms with van der Waals surface area (Å²) in [4.78, 5) is 5.04. The van der Waals surface area contributed by atoms with Gasteiger partial charge in [-0.1, -0.05) is 48.0 Å². The predicted octanol–water partition coefficient (Wildman–Crippen LogP) is 3.90. The van der Waals surface area contributed by atoms with Crippen LogP contribution in [0, 0.1) is 0 Å². The van der Waals surface area contributed by atoms with Gasteiger partial charge in [-0.3, -0.25) is 4.90 Å². The van der Waals surface area contributed by atoms with Gasteiger partial charge >= 0.3 is 0 Å². The third kappa shape index (κ3) is 5.55. The maximum Gasteiger partial charge on any atom is 0.0431 e. The van der Waals surface area contributed by atoms with E-state index in [1.54, 1.807) is 0 Å². The van der Waals surface area contributed by atoms with Crippen molar-refractivity contribution < 1.29 is 5.11 Å². The zero-order valence-electron chi connectivity index (χ0n) is 14.7. The molecule has 4 heteroatoms. The first-order valence-electron chi connectivity index (χ1n) is 9.15. The Bertz CT molecular complexity index is 634. The smallest absolute Gasteiger partial charge is 0.0431 e. The van der Waals surface area contributed by atoms with Crippen molar-refractivity contribution in [3.8, 4) is 11.1 Å². The van der Waals surface area contributed by atoms with E-state index in [2.05, 4.69) is 46.2 Å². The lowest BCUT2D eigenvalue weighted by atomic mass is 10.0. The lowest BCUT2D eigenvalue weighted by molar-refractivity contribution is 0.123. The molecule has 0 atom stereocenters. The van der Waals surface area contributed by atoms with E-state index >= 15 is 0 Å². The van der Waals surface area contributed by atoms with Gasteiger partial charge in [0.15, 0.2) is 0 Å². The molecule has 25 heavy (non-hydrogen) atoms. The molecule has 2 aromatic carbocycles. The van der Waals surface area contributed by atoms with Gasteiger partial charge in [0.25, 0.3) is 0 Å². The number of unbranched alkanes of at least 4 members (excludes halogenated alkanes) is 1. The van der Waals surface area contributed by atoms with Crippen LogP contribution in [0.25, 0.3) is 11.1 Å². The Labute approximate surface area is 155 Å². The highest BCUT2D eigenvalue weighted by molar-refractivity contribution is 6.30. The molecule has 1 aliphatic rings. The fourth-order valence-electron chi connectivity index (χ4n) is 3.32. The molecule has 1 N–H and O–H groups in total. The predicted molar refractivity (Wildman–Crippen MR) is 105 cm³/mol. The van der Waals surface area contributed by atoms with E-state index in [0.717, 1.165) is 57.1 Å². The summed E-state index contributed by atoms with van der Waals surface area (Å²) >= 11 is 5.96. The molecule has 134 valence electrons. The second kappa shape index (κ2) is 9.35. The van der Waals surface area contributed by atoms with Crippen molar-refractivity contribution in [2.75, 3.05) is 39.3 Å². The molecule has 0 bridgehead atoms. The largest absolute Gasteiger partial charge is 0.396 e. The van der Waals surface area contributed by atoms with Crippen LogP contribution in [0.15, 0.2) is 48.5 Å². The Hall–Kier alpha value is -1.39. The number of nitrogens with zero attached hydrogens (tertiary/aromatic N) is 2. The van der Waals surface area contributed by atoms with Crippen LogP contribution < -0.4 is 0 Å². The van der Waals surface area contributed by atoms with Gasteiger partial charge in [-0.2, -0.15) is 0 Å². The zero-order valence-corrected chi connectivity index (χ0v) is 15.5. The summed E-state index contributed by atoms with van der Waals surface area (Å²) in [5, 5.41) is 9.65. The molecule has 3 rings (SSSR count). The molecule has 2 aromatic rings.